The fourth-order valence-corrected chi connectivity index (χ4v) is 0.757. The average Bonchev–Trinajstić information content (AvgIpc) is 1.84. The molecule has 4 nitrogen and oxygen atoms in total. The Bertz CT molecular complexity index is 108. The maximum absolute atomic E-state index is 9.21. The Kier molecular flexibility index (Phi) is 3.20. The van der Waals surface area contributed by atoms with Gasteiger partial charge in [0.05, 0.1) is 0 Å². The first-order chi connectivity index (χ1) is 4.37. The van der Waals surface area contributed by atoms with Crippen LogP contribution in [0.15, 0.2) is 0 Å². The van der Waals surface area contributed by atoms with Crippen LogP contribution in [0.25, 0.3) is 0 Å². The molecular weight excluding hydrogens is 149 g/mol. The van der Waals surface area contributed by atoms with Gasteiger partial charge in [-0.25, -0.2) is 0 Å². The van der Waals surface area contributed by atoms with E-state index in [2.05, 4.69) is 9.24 Å². The normalized spacial score (nSPS) is 13.8. The first-order valence-electron chi connectivity index (χ1n) is 3.35. The summed E-state index contributed by atoms with van der Waals surface area (Å²) in [6.45, 7) is 3.86. The molecule has 0 radical (unpaired) electrons. The highest BCUT2D eigenvalue weighted by Gasteiger charge is 2.40. The van der Waals surface area contributed by atoms with E-state index < -0.39 is 10.1 Å². The van der Waals surface area contributed by atoms with Crippen LogP contribution in [-0.4, -0.2) is 15.4 Å². The molecular formula is C5H17N3OP+. The third-order valence-corrected chi connectivity index (χ3v) is 3.17. The van der Waals surface area contributed by atoms with E-state index in [0.29, 0.717) is 0 Å². The third kappa shape index (κ3) is 1.87. The van der Waals surface area contributed by atoms with E-state index >= 15 is 0 Å². The zero-order valence-corrected chi connectivity index (χ0v) is 7.70. The van der Waals surface area contributed by atoms with Crippen molar-refractivity contribution in [1.82, 2.24) is 0 Å². The smallest absolute Gasteiger partial charge is 0.174 e. The summed E-state index contributed by atoms with van der Waals surface area (Å²) in [5.74, 6) is 10.6. The highest BCUT2D eigenvalue weighted by molar-refractivity contribution is 7.18. The molecule has 10 heavy (non-hydrogen) atoms. The number of nitrogens with zero attached hydrogens (tertiary/aromatic N) is 1. The van der Waals surface area contributed by atoms with Gasteiger partial charge in [-0.05, 0) is 4.86 Å². The molecule has 0 saturated carbocycles. The minimum absolute atomic E-state index is 0.514. The minimum Gasteiger partial charge on any atom is -0.174 e. The fourth-order valence-electron chi connectivity index (χ4n) is 0.757. The molecule has 0 aliphatic rings. The van der Waals surface area contributed by atoms with E-state index in [4.69, 9.17) is 11.7 Å². The van der Waals surface area contributed by atoms with E-state index in [1.54, 1.807) is 0 Å². The molecule has 0 aliphatic heterocycles. The molecule has 0 aliphatic carbocycles. The van der Waals surface area contributed by atoms with Gasteiger partial charge in [0.15, 0.2) is 5.28 Å². The van der Waals surface area contributed by atoms with Gasteiger partial charge < -0.3 is 0 Å². The first kappa shape index (κ1) is 10.3. The van der Waals surface area contributed by atoms with Crippen LogP contribution in [0.3, 0.4) is 0 Å². The van der Waals surface area contributed by atoms with Gasteiger partial charge in [-0.3, -0.25) is 0 Å². The van der Waals surface area contributed by atoms with Gasteiger partial charge in [0.1, 0.15) is 0 Å². The van der Waals surface area contributed by atoms with Crippen LogP contribution in [0.5, 0.6) is 0 Å². The predicted molar refractivity (Wildman–Crippen MR) is 43.4 cm³/mol. The Morgan fingerprint density at radius 3 is 1.70 bits per heavy atom. The first-order valence-corrected chi connectivity index (χ1v) is 3.93. The Balaban J connectivity index is 4.33. The van der Waals surface area contributed by atoms with Crippen molar-refractivity contribution in [2.24, 2.45) is 11.7 Å². The molecule has 1 unspecified atom stereocenters. The molecule has 0 spiro atoms. The molecule has 0 aromatic heterocycles. The summed E-state index contributed by atoms with van der Waals surface area (Å²) in [6, 6.07) is 0. The molecule has 0 amide bonds. The largest absolute Gasteiger partial charge is 0.178 e. The molecule has 0 aromatic carbocycles. The fraction of sp³-hybridized carbons (Fsp3) is 1.00. The Labute approximate surface area is 63.9 Å². The van der Waals surface area contributed by atoms with Crippen LogP contribution in [0.1, 0.15) is 26.7 Å². The topological polar surface area (TPSA) is 72.3 Å². The summed E-state index contributed by atoms with van der Waals surface area (Å²) < 4.78 is 0. The van der Waals surface area contributed by atoms with E-state index in [9.17, 15) is 5.21 Å². The van der Waals surface area contributed by atoms with Gasteiger partial charge in [0.25, 0.3) is 0 Å². The van der Waals surface area contributed by atoms with Crippen LogP contribution in [0.2, 0.25) is 0 Å². The van der Waals surface area contributed by atoms with Crippen LogP contribution < -0.4 is 11.7 Å². The van der Waals surface area contributed by atoms with Gasteiger partial charge in [0.2, 0.25) is 0 Å². The van der Waals surface area contributed by atoms with Crippen molar-refractivity contribution in [3.05, 3.63) is 0 Å². The zero-order valence-electron chi connectivity index (χ0n) is 6.54. The number of rotatable bonds is 3. The highest BCUT2D eigenvalue weighted by atomic mass is 31.0. The Hall–Kier alpha value is 0.270. The molecule has 62 valence electrons. The predicted octanol–water partition coefficient (Wildman–Crippen LogP) is 0.331. The maximum atomic E-state index is 9.21. The average molecular weight is 166 g/mol. The van der Waals surface area contributed by atoms with Crippen LogP contribution in [-0.2, 0) is 0 Å². The van der Waals surface area contributed by atoms with E-state index in [1.165, 1.54) is 0 Å². The van der Waals surface area contributed by atoms with Gasteiger partial charge in [-0.2, -0.15) is 5.21 Å². The molecule has 0 rings (SSSR count). The van der Waals surface area contributed by atoms with Crippen molar-refractivity contribution in [2.45, 2.75) is 32.0 Å². The molecule has 0 fully saturated rings. The zero-order chi connectivity index (χ0) is 8.41. The second kappa shape index (κ2) is 3.11. The van der Waals surface area contributed by atoms with Crippen LogP contribution in [0, 0.1) is 0 Å². The number of hydrogen-bond acceptors (Lipinski definition) is 3. The maximum Gasteiger partial charge on any atom is 0.178 e. The molecule has 5 heteroatoms. The number of hydrogen-bond donors (Lipinski definition) is 3. The van der Waals surface area contributed by atoms with Crippen LogP contribution >= 0.6 is 9.24 Å². The van der Waals surface area contributed by atoms with Gasteiger partial charge >= 0.3 is 0 Å². The summed E-state index contributed by atoms with van der Waals surface area (Å²) >= 11 is 0. The van der Waals surface area contributed by atoms with E-state index in [0.717, 1.165) is 12.8 Å². The lowest BCUT2D eigenvalue weighted by atomic mass is 10.1. The lowest BCUT2D eigenvalue weighted by molar-refractivity contribution is -1.15. The molecule has 0 bridgehead atoms. The van der Waals surface area contributed by atoms with Crippen molar-refractivity contribution in [3.8, 4) is 0 Å². The second-order valence-corrected chi connectivity index (χ2v) is 3.62. The number of hydroxylamine groups is 1. The lowest BCUT2D eigenvalue weighted by Crippen LogP contribution is -2.68. The molecule has 0 aromatic rings. The van der Waals surface area contributed by atoms with Crippen LogP contribution in [0.4, 0.5) is 0 Å². The molecule has 1 atom stereocenters. The summed E-state index contributed by atoms with van der Waals surface area (Å²) in [7, 11) is 2.49. The summed E-state index contributed by atoms with van der Waals surface area (Å²) in [5, 5.41) is 8.70. The molecule has 0 saturated heterocycles. The van der Waals surface area contributed by atoms with Gasteiger partial charge in [0, 0.05) is 12.8 Å². The van der Waals surface area contributed by atoms with Crippen molar-refractivity contribution in [2.75, 3.05) is 0 Å². The lowest BCUT2D eigenvalue weighted by Gasteiger charge is -2.35. The molecule has 0 heterocycles. The minimum atomic E-state index is -0.968. The third-order valence-electron chi connectivity index (χ3n) is 1.94. The monoisotopic (exact) mass is 166 g/mol. The van der Waals surface area contributed by atoms with Crippen molar-refractivity contribution in [1.29, 1.82) is 0 Å². The summed E-state index contributed by atoms with van der Waals surface area (Å²) in [5.41, 5.74) is 0. The summed E-state index contributed by atoms with van der Waals surface area (Å²) in [6.07, 6.45) is 1.44. The highest BCUT2D eigenvalue weighted by Crippen LogP contribution is 2.30. The number of quaternary nitrogens is 1. The SMILES string of the molecule is CCC(P)(CC)[N+](N)(N)O. The standard InChI is InChI=1S/C5H17N3OP/c1-3-5(10,4-2)8(6,7)9/h9H,3-4,6-7,10H2,1-2H3/q+1. The van der Waals surface area contributed by atoms with E-state index in [1.807, 2.05) is 13.8 Å². The molecule has 5 N–H and O–H groups in total. The van der Waals surface area contributed by atoms with Gasteiger partial charge in [-0.1, -0.05) is 23.1 Å². The van der Waals surface area contributed by atoms with E-state index in [-0.39, 0.29) is 0 Å². The van der Waals surface area contributed by atoms with Crippen molar-refractivity contribution < 1.29 is 10.1 Å². The van der Waals surface area contributed by atoms with Crippen molar-refractivity contribution >= 4 is 9.24 Å². The quantitative estimate of drug-likeness (QED) is 0.245. The van der Waals surface area contributed by atoms with Crippen molar-refractivity contribution in [3.63, 3.8) is 0 Å². The van der Waals surface area contributed by atoms with Gasteiger partial charge in [-0.15, -0.1) is 11.7 Å². The number of nitrogens with two attached hydrogens (primary N) is 2. The Morgan fingerprint density at radius 1 is 1.40 bits per heavy atom. The second-order valence-electron chi connectivity index (χ2n) is 2.55. The Morgan fingerprint density at radius 2 is 1.70 bits per heavy atom. The summed E-state index contributed by atoms with van der Waals surface area (Å²) in [4.78, 5) is -0.968.